The van der Waals surface area contributed by atoms with Crippen LogP contribution in [0, 0.1) is 17.2 Å². The summed E-state index contributed by atoms with van der Waals surface area (Å²) in [4.78, 5) is 29.8. The van der Waals surface area contributed by atoms with Gasteiger partial charge in [-0.15, -0.1) is 11.8 Å². The third-order valence-corrected chi connectivity index (χ3v) is 7.29. The van der Waals surface area contributed by atoms with E-state index in [4.69, 9.17) is 5.26 Å². The van der Waals surface area contributed by atoms with Crippen LogP contribution in [0.2, 0.25) is 0 Å². The highest BCUT2D eigenvalue weighted by Gasteiger charge is 2.30. The van der Waals surface area contributed by atoms with Gasteiger partial charge in [-0.25, -0.2) is 4.21 Å². The number of benzene rings is 1. The fraction of sp³-hybridized carbons (Fsp3) is 0.333. The monoisotopic (exact) mass is 498 g/mol. The zero-order valence-electron chi connectivity index (χ0n) is 18.5. The average Bonchev–Trinajstić information content (AvgIpc) is 2.86. The maximum absolute atomic E-state index is 12.6. The van der Waals surface area contributed by atoms with Crippen molar-refractivity contribution in [3.8, 4) is 6.07 Å². The summed E-state index contributed by atoms with van der Waals surface area (Å²) in [5.41, 5.74) is 2.14. The second-order valence-corrected chi connectivity index (χ2v) is 9.68. The van der Waals surface area contributed by atoms with Crippen molar-refractivity contribution >= 4 is 39.6 Å². The van der Waals surface area contributed by atoms with Gasteiger partial charge in [0.2, 0.25) is 11.8 Å². The first kappa shape index (κ1) is 25.6. The Morgan fingerprint density at radius 1 is 1.21 bits per heavy atom. The van der Waals surface area contributed by atoms with Crippen LogP contribution in [0.3, 0.4) is 0 Å². The number of carbonyl (C=O) groups is 2. The molecular formula is C24H26N4O4S2. The van der Waals surface area contributed by atoms with Gasteiger partial charge in [0.15, 0.2) is 11.1 Å². The van der Waals surface area contributed by atoms with Crippen LogP contribution < -0.4 is 10.6 Å². The molecule has 1 heterocycles. The van der Waals surface area contributed by atoms with Crippen molar-refractivity contribution in [2.24, 2.45) is 5.92 Å². The third kappa shape index (κ3) is 7.25. The Bertz CT molecular complexity index is 1100. The molecule has 1 aliphatic rings. The Morgan fingerprint density at radius 3 is 2.68 bits per heavy atom. The van der Waals surface area contributed by atoms with E-state index in [9.17, 15) is 18.4 Å². The van der Waals surface area contributed by atoms with Gasteiger partial charge in [0.05, 0.1) is 22.6 Å². The molecule has 1 aromatic heterocycles. The van der Waals surface area contributed by atoms with E-state index in [2.05, 4.69) is 15.6 Å². The molecule has 0 bridgehead atoms. The number of hydrogen-bond acceptors (Lipinski definition) is 6. The molecule has 8 nitrogen and oxygen atoms in total. The first-order valence-corrected chi connectivity index (χ1v) is 13.0. The Labute approximate surface area is 205 Å². The minimum absolute atomic E-state index is 0.0953. The molecule has 2 amide bonds. The summed E-state index contributed by atoms with van der Waals surface area (Å²) in [6.45, 7) is 0.316. The summed E-state index contributed by atoms with van der Waals surface area (Å²) in [6.07, 6.45) is 6.19. The van der Waals surface area contributed by atoms with Gasteiger partial charge < -0.3 is 15.2 Å². The zero-order valence-corrected chi connectivity index (χ0v) is 20.2. The quantitative estimate of drug-likeness (QED) is 0.275. The molecule has 2 unspecified atom stereocenters. The lowest BCUT2D eigenvalue weighted by atomic mass is 9.82. The van der Waals surface area contributed by atoms with Gasteiger partial charge in [0, 0.05) is 23.8 Å². The second kappa shape index (κ2) is 13.0. The lowest BCUT2D eigenvalue weighted by Gasteiger charge is -2.26. The van der Waals surface area contributed by atoms with Crippen molar-refractivity contribution < 1.29 is 18.4 Å². The molecule has 0 saturated heterocycles. The lowest BCUT2D eigenvalue weighted by molar-refractivity contribution is -0.124. The number of carbonyl (C=O) groups excluding carboxylic acids is 2. The van der Waals surface area contributed by atoms with Gasteiger partial charge in [0.1, 0.15) is 6.54 Å². The molecule has 0 radical (unpaired) electrons. The number of amides is 2. The molecule has 0 spiro atoms. The van der Waals surface area contributed by atoms with Crippen LogP contribution in [0.25, 0.3) is 4.91 Å². The molecule has 1 saturated carbocycles. The van der Waals surface area contributed by atoms with Gasteiger partial charge in [-0.3, -0.25) is 14.6 Å². The van der Waals surface area contributed by atoms with E-state index in [1.807, 2.05) is 18.2 Å². The van der Waals surface area contributed by atoms with Crippen LogP contribution in [0.15, 0.2) is 59.3 Å². The fourth-order valence-corrected chi connectivity index (χ4v) is 5.36. The summed E-state index contributed by atoms with van der Waals surface area (Å²) in [5.74, 6) is -0.680. The Balaban J connectivity index is 1.67. The Morgan fingerprint density at radius 2 is 2.00 bits per heavy atom. The van der Waals surface area contributed by atoms with Crippen molar-refractivity contribution in [1.82, 2.24) is 15.6 Å². The van der Waals surface area contributed by atoms with E-state index in [1.165, 1.54) is 11.8 Å². The highest BCUT2D eigenvalue weighted by atomic mass is 32.2. The third-order valence-electron chi connectivity index (χ3n) is 5.43. The van der Waals surface area contributed by atoms with Crippen LogP contribution >= 0.6 is 11.8 Å². The predicted octanol–water partition coefficient (Wildman–Crippen LogP) is 3.25. The minimum Gasteiger partial charge on any atom is -0.351 e. The number of thioether (sulfide) groups is 1. The van der Waals surface area contributed by atoms with E-state index >= 15 is 0 Å². The summed E-state index contributed by atoms with van der Waals surface area (Å²) >= 11 is -0.909. The van der Waals surface area contributed by atoms with Crippen LogP contribution in [-0.4, -0.2) is 37.9 Å². The molecule has 0 aliphatic heterocycles. The van der Waals surface area contributed by atoms with Crippen LogP contribution in [0.1, 0.15) is 36.8 Å². The Kier molecular flexibility index (Phi) is 9.82. The molecular weight excluding hydrogens is 472 g/mol. The Hall–Kier alpha value is -3.00. The topological polar surface area (TPSA) is 132 Å². The molecule has 2 aromatic rings. The summed E-state index contributed by atoms with van der Waals surface area (Å²) in [5, 5.41) is 14.2. The van der Waals surface area contributed by atoms with Crippen LogP contribution in [-0.2, 0) is 27.2 Å². The largest absolute Gasteiger partial charge is 0.351 e. The number of nitriles is 1. The lowest BCUT2D eigenvalue weighted by Crippen LogP contribution is -2.34. The van der Waals surface area contributed by atoms with Gasteiger partial charge in [-0.1, -0.05) is 24.6 Å². The molecule has 1 aliphatic carbocycles. The van der Waals surface area contributed by atoms with E-state index in [0.717, 1.165) is 23.3 Å². The van der Waals surface area contributed by atoms with Gasteiger partial charge in [0.25, 0.3) is 0 Å². The molecule has 1 aromatic carbocycles. The first-order valence-electron chi connectivity index (χ1n) is 10.9. The van der Waals surface area contributed by atoms with Crippen LogP contribution in [0.5, 0.6) is 0 Å². The van der Waals surface area contributed by atoms with E-state index in [-0.39, 0.29) is 29.0 Å². The molecule has 10 heteroatoms. The van der Waals surface area contributed by atoms with Crippen molar-refractivity contribution in [1.29, 1.82) is 5.26 Å². The van der Waals surface area contributed by atoms with Crippen molar-refractivity contribution in [2.75, 3.05) is 12.3 Å². The summed E-state index contributed by atoms with van der Waals surface area (Å²) in [6, 6.07) is 12.7. The normalized spacial score (nSPS) is 17.8. The average molecular weight is 499 g/mol. The van der Waals surface area contributed by atoms with Gasteiger partial charge in [-0.2, -0.15) is 5.26 Å². The van der Waals surface area contributed by atoms with E-state index < -0.39 is 17.0 Å². The standard InChI is InChI=1S/C24H26N4O4S2/c25-11-13-27-24(30)21-6-2-1-5-20(21)23(34(31)32)18-7-9-19(10-8-18)33-16-22(29)28-15-17-4-3-12-26-14-17/h3-4,7-10,12,14,21H,1-2,5-6,13,15-16H2,(H,27,30)(H,28,29)(H,31,32). The predicted molar refractivity (Wildman–Crippen MR) is 132 cm³/mol. The number of nitrogens with zero attached hydrogens (tertiary/aromatic N) is 2. The van der Waals surface area contributed by atoms with E-state index in [0.29, 0.717) is 30.5 Å². The molecule has 3 N–H and O–H groups in total. The minimum atomic E-state index is -2.27. The summed E-state index contributed by atoms with van der Waals surface area (Å²) in [7, 11) is 0. The number of nitrogens with one attached hydrogen (secondary N) is 2. The van der Waals surface area contributed by atoms with Crippen molar-refractivity contribution in [3.05, 3.63) is 65.5 Å². The van der Waals surface area contributed by atoms with E-state index in [1.54, 1.807) is 36.7 Å². The van der Waals surface area contributed by atoms with Crippen molar-refractivity contribution in [2.45, 2.75) is 37.1 Å². The van der Waals surface area contributed by atoms with Crippen molar-refractivity contribution in [3.63, 3.8) is 0 Å². The van der Waals surface area contributed by atoms with Crippen LogP contribution in [0.4, 0.5) is 0 Å². The maximum atomic E-state index is 12.6. The molecule has 34 heavy (non-hydrogen) atoms. The number of rotatable bonds is 9. The highest BCUT2D eigenvalue weighted by Crippen LogP contribution is 2.37. The molecule has 2 atom stereocenters. The summed E-state index contributed by atoms with van der Waals surface area (Å²) < 4.78 is 22.3. The van der Waals surface area contributed by atoms with Gasteiger partial charge >= 0.3 is 0 Å². The second-order valence-electron chi connectivity index (χ2n) is 7.73. The molecule has 3 rings (SSSR count). The number of pyridine rings is 1. The highest BCUT2D eigenvalue weighted by molar-refractivity contribution is 8.00. The smallest absolute Gasteiger partial charge is 0.230 e. The number of hydrogen-bond donors (Lipinski definition) is 3. The van der Waals surface area contributed by atoms with Gasteiger partial charge in [-0.05, 0) is 54.2 Å². The number of aromatic nitrogens is 1. The first-order chi connectivity index (χ1) is 16.5. The SMILES string of the molecule is N#CCNC(=O)C1CCCCC1=C(c1ccc(SCC(=O)NCc2cccnc2)cc1)S(=O)O. The zero-order chi connectivity index (χ0) is 24.3. The molecule has 178 valence electrons. The molecule has 1 fully saturated rings. The fourth-order valence-electron chi connectivity index (χ4n) is 3.83. The maximum Gasteiger partial charge on any atom is 0.230 e.